The molecular weight excluding hydrogens is 356 g/mol. The number of allylic oxidation sites excluding steroid dienone is 2. The Morgan fingerprint density at radius 3 is 2.75 bits per heavy atom. The summed E-state index contributed by atoms with van der Waals surface area (Å²) in [5, 5.41) is 10.9. The van der Waals surface area contributed by atoms with Gasteiger partial charge in [-0.05, 0) is 69.4 Å². The van der Waals surface area contributed by atoms with E-state index in [4.69, 9.17) is 4.74 Å². The molecule has 1 aromatic carbocycles. The lowest BCUT2D eigenvalue weighted by molar-refractivity contribution is -0.124. The number of carbonyl (C=O) groups excluding carboxylic acids is 2. The van der Waals surface area contributed by atoms with Gasteiger partial charge in [-0.1, -0.05) is 12.1 Å². The first-order valence-corrected chi connectivity index (χ1v) is 9.96. The molecule has 6 nitrogen and oxygen atoms in total. The average Bonchev–Trinajstić information content (AvgIpc) is 3.00. The fourth-order valence-electron chi connectivity index (χ4n) is 5.59. The van der Waals surface area contributed by atoms with Crippen LogP contribution < -0.4 is 9.64 Å². The standard InChI is InChI=1S/C22H28N2O4/c1-5-15-14-8-10-23(3)11-9-22(21(15)27)16-6-7-17(28-4)20(26)19(16)24(13(2)25)18(22)12-14/h5-7,14,18,26H,8-12H2,1-4H3/b15-5-/t14-,18+,22-/m1/s1. The van der Waals surface area contributed by atoms with Gasteiger partial charge in [0, 0.05) is 6.92 Å². The van der Waals surface area contributed by atoms with Gasteiger partial charge in [-0.3, -0.25) is 9.59 Å². The second kappa shape index (κ2) is 6.62. The number of hydrogen-bond donors (Lipinski definition) is 1. The Morgan fingerprint density at radius 1 is 1.36 bits per heavy atom. The van der Waals surface area contributed by atoms with Crippen molar-refractivity contribution < 1.29 is 19.4 Å². The predicted molar refractivity (Wildman–Crippen MR) is 107 cm³/mol. The fraction of sp³-hybridized carbons (Fsp3) is 0.545. The highest BCUT2D eigenvalue weighted by Gasteiger charge is 2.61. The van der Waals surface area contributed by atoms with Gasteiger partial charge in [0.05, 0.1) is 24.3 Å². The van der Waals surface area contributed by atoms with E-state index >= 15 is 0 Å². The highest BCUT2D eigenvalue weighted by molar-refractivity contribution is 6.12. The predicted octanol–water partition coefficient (Wildman–Crippen LogP) is 2.63. The Morgan fingerprint density at radius 2 is 2.11 bits per heavy atom. The summed E-state index contributed by atoms with van der Waals surface area (Å²) in [5.74, 6) is 0.344. The van der Waals surface area contributed by atoms with E-state index in [1.54, 1.807) is 11.0 Å². The average molecular weight is 384 g/mol. The molecule has 1 amide bonds. The second-order valence-corrected chi connectivity index (χ2v) is 8.24. The van der Waals surface area contributed by atoms with Gasteiger partial charge >= 0.3 is 0 Å². The molecule has 6 heteroatoms. The highest BCUT2D eigenvalue weighted by Crippen LogP contribution is 2.59. The number of benzene rings is 1. The zero-order chi connectivity index (χ0) is 20.2. The molecule has 2 bridgehead atoms. The van der Waals surface area contributed by atoms with Gasteiger partial charge in [0.2, 0.25) is 5.91 Å². The first kappa shape index (κ1) is 19.0. The molecule has 4 aliphatic rings. The molecular formula is C22H28N2O4. The van der Waals surface area contributed by atoms with Crippen LogP contribution in [0.25, 0.3) is 0 Å². The van der Waals surface area contributed by atoms with Crippen LogP contribution in [0.5, 0.6) is 11.5 Å². The van der Waals surface area contributed by atoms with Gasteiger partial charge in [-0.2, -0.15) is 0 Å². The molecule has 1 saturated carbocycles. The van der Waals surface area contributed by atoms with Crippen molar-refractivity contribution in [1.29, 1.82) is 0 Å². The SMILES string of the molecule is C/C=C1\C(=O)[C@@]23CCN(C)CC[C@@H]1C[C@@H]2N(C(C)=O)c1c3ccc(OC)c1O. The summed E-state index contributed by atoms with van der Waals surface area (Å²) >= 11 is 0. The summed E-state index contributed by atoms with van der Waals surface area (Å²) in [6.45, 7) is 5.14. The van der Waals surface area contributed by atoms with Crippen LogP contribution in [0.4, 0.5) is 5.69 Å². The molecule has 3 heterocycles. The van der Waals surface area contributed by atoms with Crippen molar-refractivity contribution in [1.82, 2.24) is 4.90 Å². The molecule has 1 aromatic rings. The Hall–Kier alpha value is -2.34. The topological polar surface area (TPSA) is 70.1 Å². The van der Waals surface area contributed by atoms with Crippen molar-refractivity contribution in [3.8, 4) is 11.5 Å². The molecule has 0 radical (unpaired) electrons. The van der Waals surface area contributed by atoms with Gasteiger partial charge < -0.3 is 19.6 Å². The smallest absolute Gasteiger partial charge is 0.224 e. The molecule has 1 aliphatic carbocycles. The number of phenols is 1. The number of carbonyl (C=O) groups is 2. The molecule has 1 N–H and O–H groups in total. The molecule has 28 heavy (non-hydrogen) atoms. The first-order valence-electron chi connectivity index (χ1n) is 9.96. The van der Waals surface area contributed by atoms with Crippen LogP contribution in [0.1, 0.15) is 38.7 Å². The van der Waals surface area contributed by atoms with Crippen molar-refractivity contribution in [2.45, 2.75) is 44.6 Å². The van der Waals surface area contributed by atoms with E-state index in [-0.39, 0.29) is 29.4 Å². The summed E-state index contributed by atoms with van der Waals surface area (Å²) < 4.78 is 5.29. The van der Waals surface area contributed by atoms with Gasteiger partial charge in [-0.15, -0.1) is 0 Å². The van der Waals surface area contributed by atoms with Gasteiger partial charge in [-0.25, -0.2) is 0 Å². The summed E-state index contributed by atoms with van der Waals surface area (Å²) in [6.07, 6.45) is 4.20. The highest BCUT2D eigenvalue weighted by atomic mass is 16.5. The molecule has 2 saturated heterocycles. The van der Waals surface area contributed by atoms with Crippen molar-refractivity contribution in [3.63, 3.8) is 0 Å². The number of ketones is 1. The molecule has 5 rings (SSSR count). The van der Waals surface area contributed by atoms with E-state index in [0.29, 0.717) is 17.9 Å². The number of nitrogens with zero attached hydrogens (tertiary/aromatic N) is 2. The maximum atomic E-state index is 13.9. The Labute approximate surface area is 165 Å². The lowest BCUT2D eigenvalue weighted by Gasteiger charge is -2.44. The number of ether oxygens (including phenoxy) is 1. The van der Waals surface area contributed by atoms with E-state index in [2.05, 4.69) is 11.9 Å². The number of rotatable bonds is 1. The maximum Gasteiger partial charge on any atom is 0.224 e. The Bertz CT molecular complexity index is 878. The van der Waals surface area contributed by atoms with Crippen molar-refractivity contribution >= 4 is 17.4 Å². The van der Waals surface area contributed by atoms with E-state index in [1.165, 1.54) is 14.0 Å². The number of anilines is 1. The first-order chi connectivity index (χ1) is 13.4. The number of fused-ring (bicyclic) bond motifs is 6. The number of amides is 1. The van der Waals surface area contributed by atoms with Gasteiger partial charge in [0.15, 0.2) is 17.3 Å². The van der Waals surface area contributed by atoms with Crippen molar-refractivity contribution in [2.24, 2.45) is 5.92 Å². The third kappa shape index (κ3) is 2.37. The number of hydrogen-bond acceptors (Lipinski definition) is 5. The van der Waals surface area contributed by atoms with Gasteiger partial charge in [0.1, 0.15) is 0 Å². The normalized spacial score (nSPS) is 31.2. The largest absolute Gasteiger partial charge is 0.503 e. The van der Waals surface area contributed by atoms with E-state index < -0.39 is 5.41 Å². The van der Waals surface area contributed by atoms with E-state index in [0.717, 1.165) is 37.1 Å². The summed E-state index contributed by atoms with van der Waals surface area (Å²) in [5.41, 5.74) is 1.26. The third-order valence-corrected chi connectivity index (χ3v) is 6.95. The number of Topliss-reactive ketones (excluding diaryl/α,β-unsaturated/α-hetero) is 1. The zero-order valence-electron chi connectivity index (χ0n) is 17.0. The number of aromatic hydroxyl groups is 1. The number of methoxy groups -OCH3 is 1. The lowest BCUT2D eigenvalue weighted by Crippen LogP contribution is -2.56. The molecule has 150 valence electrons. The van der Waals surface area contributed by atoms with Crippen LogP contribution in [0.3, 0.4) is 0 Å². The van der Waals surface area contributed by atoms with Crippen molar-refractivity contribution in [3.05, 3.63) is 29.3 Å². The minimum atomic E-state index is -0.818. The monoisotopic (exact) mass is 384 g/mol. The molecule has 0 unspecified atom stereocenters. The Kier molecular flexibility index (Phi) is 4.49. The minimum absolute atomic E-state index is 0.0548. The maximum absolute atomic E-state index is 13.9. The second-order valence-electron chi connectivity index (χ2n) is 8.24. The van der Waals surface area contributed by atoms with E-state index in [9.17, 15) is 14.7 Å². The summed E-state index contributed by atoms with van der Waals surface area (Å²) in [6, 6.07) is 3.30. The molecule has 0 aromatic heterocycles. The van der Waals surface area contributed by atoms with Crippen LogP contribution in [0, 0.1) is 5.92 Å². The van der Waals surface area contributed by atoms with Crippen molar-refractivity contribution in [2.75, 3.05) is 32.1 Å². The van der Waals surface area contributed by atoms with Crippen LogP contribution in [0.2, 0.25) is 0 Å². The van der Waals surface area contributed by atoms with Crippen LogP contribution in [-0.2, 0) is 15.0 Å². The lowest BCUT2D eigenvalue weighted by atomic mass is 9.60. The Balaban J connectivity index is 2.02. The number of phenolic OH excluding ortho intramolecular Hbond substituents is 1. The van der Waals surface area contributed by atoms with Gasteiger partial charge in [0.25, 0.3) is 0 Å². The third-order valence-electron chi connectivity index (χ3n) is 6.95. The quantitative estimate of drug-likeness (QED) is 0.754. The minimum Gasteiger partial charge on any atom is -0.503 e. The molecule has 3 fully saturated rings. The zero-order valence-corrected chi connectivity index (χ0v) is 17.0. The van der Waals surface area contributed by atoms with Crippen LogP contribution in [-0.4, -0.2) is 55.0 Å². The van der Waals surface area contributed by atoms with Crippen LogP contribution in [0.15, 0.2) is 23.8 Å². The summed E-state index contributed by atoms with van der Waals surface area (Å²) in [4.78, 5) is 30.6. The van der Waals surface area contributed by atoms with Crippen LogP contribution >= 0.6 is 0 Å². The molecule has 1 spiro atoms. The molecule has 3 atom stereocenters. The summed E-state index contributed by atoms with van der Waals surface area (Å²) in [7, 11) is 3.57. The molecule has 3 aliphatic heterocycles. The fourth-order valence-corrected chi connectivity index (χ4v) is 5.59. The van der Waals surface area contributed by atoms with E-state index in [1.807, 2.05) is 19.1 Å².